The summed E-state index contributed by atoms with van der Waals surface area (Å²) in [6, 6.07) is 5.71. The van der Waals surface area contributed by atoms with Crippen molar-refractivity contribution < 1.29 is 5.11 Å². The zero-order chi connectivity index (χ0) is 12.4. The van der Waals surface area contributed by atoms with Crippen LogP contribution in [-0.2, 0) is 0 Å². The van der Waals surface area contributed by atoms with Gasteiger partial charge in [-0.1, -0.05) is 49.5 Å². The van der Waals surface area contributed by atoms with Crippen LogP contribution in [0.2, 0.25) is 0 Å². The summed E-state index contributed by atoms with van der Waals surface area (Å²) in [5, 5.41) is 15.0. The summed E-state index contributed by atoms with van der Waals surface area (Å²) in [5.41, 5.74) is 0.886. The lowest BCUT2D eigenvalue weighted by Gasteiger charge is -2.27. The highest BCUT2D eigenvalue weighted by atomic mass is 79.9. The summed E-state index contributed by atoms with van der Waals surface area (Å²) in [4.78, 5) is 4.25. The topological polar surface area (TPSA) is 48.2 Å². The van der Waals surface area contributed by atoms with E-state index in [1.54, 1.807) is 0 Å². The standard InChI is InChI=1S/C10H8Br2ClN3O/c11-6-1-2-7(8(12)3-6)10-15-9(13)4-14-16(10)5-17/h1-4,10,17H,5H2/t10-/m1/s1. The maximum atomic E-state index is 9.23. The lowest BCUT2D eigenvalue weighted by Crippen LogP contribution is -2.28. The van der Waals surface area contributed by atoms with Gasteiger partial charge in [-0.15, -0.1) is 0 Å². The summed E-state index contributed by atoms with van der Waals surface area (Å²) >= 11 is 12.7. The molecule has 0 bridgehead atoms. The summed E-state index contributed by atoms with van der Waals surface area (Å²) in [5.74, 6) is 0. The number of halogens is 3. The van der Waals surface area contributed by atoms with E-state index >= 15 is 0 Å². The molecule has 17 heavy (non-hydrogen) atoms. The quantitative estimate of drug-likeness (QED) is 0.856. The Kier molecular flexibility index (Phi) is 4.19. The van der Waals surface area contributed by atoms with E-state index in [0.717, 1.165) is 14.5 Å². The van der Waals surface area contributed by atoms with Gasteiger partial charge in [0.15, 0.2) is 6.17 Å². The van der Waals surface area contributed by atoms with Gasteiger partial charge in [-0.25, -0.2) is 10.0 Å². The molecule has 1 atom stereocenters. The Hall–Kier alpha value is -0.430. The van der Waals surface area contributed by atoms with E-state index in [4.69, 9.17) is 11.6 Å². The molecule has 0 unspecified atom stereocenters. The van der Waals surface area contributed by atoms with Crippen LogP contribution >= 0.6 is 43.5 Å². The Balaban J connectivity index is 2.40. The van der Waals surface area contributed by atoms with Crippen LogP contribution in [0.25, 0.3) is 0 Å². The van der Waals surface area contributed by atoms with Crippen LogP contribution in [0.3, 0.4) is 0 Å². The number of nitrogens with zero attached hydrogens (tertiary/aromatic N) is 3. The smallest absolute Gasteiger partial charge is 0.168 e. The van der Waals surface area contributed by atoms with Gasteiger partial charge in [-0.05, 0) is 12.1 Å². The third kappa shape index (κ3) is 2.88. The Bertz CT molecular complexity index is 492. The number of hydrogen-bond donors (Lipinski definition) is 1. The highest BCUT2D eigenvalue weighted by molar-refractivity contribution is 9.11. The van der Waals surface area contributed by atoms with Crippen LogP contribution in [0.1, 0.15) is 11.7 Å². The second kappa shape index (κ2) is 5.48. The van der Waals surface area contributed by atoms with Crippen molar-refractivity contribution in [2.24, 2.45) is 10.1 Å². The molecule has 0 saturated heterocycles. The van der Waals surface area contributed by atoms with Gasteiger partial charge in [0.25, 0.3) is 0 Å². The summed E-state index contributed by atoms with van der Waals surface area (Å²) in [6.07, 6.45) is 0.987. The number of aliphatic hydroxyl groups is 1. The van der Waals surface area contributed by atoms with Crippen molar-refractivity contribution in [3.8, 4) is 0 Å². The highest BCUT2D eigenvalue weighted by Gasteiger charge is 2.23. The third-order valence-electron chi connectivity index (χ3n) is 2.23. The first-order valence-corrected chi connectivity index (χ1v) is 6.68. The second-order valence-corrected chi connectivity index (χ2v) is 5.47. The molecule has 1 aromatic carbocycles. The molecule has 0 aromatic heterocycles. The van der Waals surface area contributed by atoms with Crippen molar-refractivity contribution in [3.63, 3.8) is 0 Å². The summed E-state index contributed by atoms with van der Waals surface area (Å²) < 4.78 is 1.83. The molecule has 7 heteroatoms. The Labute approximate surface area is 120 Å². The zero-order valence-corrected chi connectivity index (χ0v) is 12.4. The van der Waals surface area contributed by atoms with Gasteiger partial charge in [0.2, 0.25) is 0 Å². The number of hydrazone groups is 1. The van der Waals surface area contributed by atoms with E-state index in [2.05, 4.69) is 42.0 Å². The molecular formula is C10H8Br2ClN3O. The molecule has 4 nitrogen and oxygen atoms in total. The Morgan fingerprint density at radius 1 is 1.41 bits per heavy atom. The van der Waals surface area contributed by atoms with Crippen molar-refractivity contribution in [1.82, 2.24) is 5.01 Å². The zero-order valence-electron chi connectivity index (χ0n) is 8.52. The molecule has 0 spiro atoms. The first kappa shape index (κ1) is 13.0. The maximum absolute atomic E-state index is 9.23. The molecule has 0 aliphatic carbocycles. The SMILES string of the molecule is OCN1N=CC(Cl)=N[C@H]1c1ccc(Br)cc1Br. The van der Waals surface area contributed by atoms with E-state index in [0.29, 0.717) is 5.17 Å². The van der Waals surface area contributed by atoms with Crippen molar-refractivity contribution in [3.05, 3.63) is 32.7 Å². The predicted molar refractivity (Wildman–Crippen MR) is 75.3 cm³/mol. The summed E-state index contributed by atoms with van der Waals surface area (Å²) in [6.45, 7) is -0.225. The maximum Gasteiger partial charge on any atom is 0.168 e. The minimum atomic E-state index is -0.417. The Morgan fingerprint density at radius 2 is 2.18 bits per heavy atom. The fourth-order valence-corrected chi connectivity index (χ4v) is 2.84. The first-order valence-electron chi connectivity index (χ1n) is 4.71. The molecule has 1 aliphatic rings. The molecule has 90 valence electrons. The summed E-state index contributed by atoms with van der Waals surface area (Å²) in [7, 11) is 0. The largest absolute Gasteiger partial charge is 0.375 e. The minimum Gasteiger partial charge on any atom is -0.375 e. The van der Waals surface area contributed by atoms with Gasteiger partial charge in [-0.2, -0.15) is 5.10 Å². The first-order chi connectivity index (χ1) is 8.11. The number of benzene rings is 1. The molecule has 1 aromatic rings. The predicted octanol–water partition coefficient (Wildman–Crippen LogP) is 3.10. The minimum absolute atomic E-state index is 0.225. The average Bonchev–Trinajstić information content (AvgIpc) is 2.29. The van der Waals surface area contributed by atoms with E-state index in [1.165, 1.54) is 11.2 Å². The van der Waals surface area contributed by atoms with Crippen molar-refractivity contribution in [2.45, 2.75) is 6.17 Å². The van der Waals surface area contributed by atoms with E-state index in [-0.39, 0.29) is 6.73 Å². The van der Waals surface area contributed by atoms with Gasteiger partial charge in [0.05, 0.1) is 6.21 Å². The van der Waals surface area contributed by atoms with Gasteiger partial charge in [-0.3, -0.25) is 0 Å². The van der Waals surface area contributed by atoms with E-state index < -0.39 is 6.17 Å². The number of aliphatic imine (C=N–C) groups is 1. The van der Waals surface area contributed by atoms with E-state index in [9.17, 15) is 5.11 Å². The molecule has 1 N–H and O–H groups in total. The molecule has 0 saturated carbocycles. The van der Waals surface area contributed by atoms with Crippen molar-refractivity contribution >= 4 is 54.8 Å². The van der Waals surface area contributed by atoms with Gasteiger partial charge in [0.1, 0.15) is 11.9 Å². The molecular weight excluding hydrogens is 373 g/mol. The van der Waals surface area contributed by atoms with Crippen LogP contribution in [-0.4, -0.2) is 28.2 Å². The molecule has 0 amide bonds. The lowest BCUT2D eigenvalue weighted by atomic mass is 10.1. The second-order valence-electron chi connectivity index (χ2n) is 3.32. The van der Waals surface area contributed by atoms with Gasteiger partial charge >= 0.3 is 0 Å². The monoisotopic (exact) mass is 379 g/mol. The van der Waals surface area contributed by atoms with Crippen LogP contribution < -0.4 is 0 Å². The molecule has 2 rings (SSSR count). The fourth-order valence-electron chi connectivity index (χ4n) is 1.46. The van der Waals surface area contributed by atoms with Gasteiger partial charge in [0, 0.05) is 14.5 Å². The molecule has 1 aliphatic heterocycles. The normalized spacial score (nSPS) is 19.4. The van der Waals surface area contributed by atoms with Crippen LogP contribution in [0.4, 0.5) is 0 Å². The average molecular weight is 381 g/mol. The number of rotatable bonds is 2. The van der Waals surface area contributed by atoms with Crippen molar-refractivity contribution in [1.29, 1.82) is 0 Å². The number of aliphatic hydroxyl groups excluding tert-OH is 1. The van der Waals surface area contributed by atoms with Crippen LogP contribution in [0.5, 0.6) is 0 Å². The highest BCUT2D eigenvalue weighted by Crippen LogP contribution is 2.32. The van der Waals surface area contributed by atoms with Crippen LogP contribution in [0, 0.1) is 0 Å². The number of hydrogen-bond acceptors (Lipinski definition) is 4. The fraction of sp³-hybridized carbons (Fsp3) is 0.200. The Morgan fingerprint density at radius 3 is 2.82 bits per heavy atom. The molecule has 0 fully saturated rings. The molecule has 0 radical (unpaired) electrons. The van der Waals surface area contributed by atoms with Crippen LogP contribution in [0.15, 0.2) is 37.2 Å². The molecule has 1 heterocycles. The third-order valence-corrected chi connectivity index (χ3v) is 3.60. The van der Waals surface area contributed by atoms with Gasteiger partial charge < -0.3 is 5.11 Å². The lowest BCUT2D eigenvalue weighted by molar-refractivity contribution is 0.0725. The van der Waals surface area contributed by atoms with E-state index in [1.807, 2.05) is 18.2 Å². The van der Waals surface area contributed by atoms with Crippen molar-refractivity contribution in [2.75, 3.05) is 6.73 Å².